The summed E-state index contributed by atoms with van der Waals surface area (Å²) in [5.41, 5.74) is 5.31. The molecule has 0 spiro atoms. The van der Waals surface area contributed by atoms with E-state index in [-0.39, 0.29) is 11.9 Å². The van der Waals surface area contributed by atoms with Crippen molar-refractivity contribution in [1.82, 2.24) is 25.1 Å². The predicted octanol–water partition coefficient (Wildman–Crippen LogP) is 3.80. The molecule has 3 aromatic rings. The van der Waals surface area contributed by atoms with Gasteiger partial charge in [0.15, 0.2) is 0 Å². The van der Waals surface area contributed by atoms with E-state index >= 15 is 0 Å². The Balaban J connectivity index is 1.30. The van der Waals surface area contributed by atoms with Gasteiger partial charge in [0, 0.05) is 30.2 Å². The average molecular weight is 390 g/mol. The molecular weight excluding hydrogens is 362 g/mol. The minimum atomic E-state index is 0.117. The molecule has 29 heavy (non-hydrogen) atoms. The van der Waals surface area contributed by atoms with E-state index in [0.29, 0.717) is 12.5 Å². The van der Waals surface area contributed by atoms with Crippen molar-refractivity contribution < 1.29 is 4.79 Å². The summed E-state index contributed by atoms with van der Waals surface area (Å²) < 4.78 is 2.04. The third-order valence-corrected chi connectivity index (χ3v) is 5.75. The van der Waals surface area contributed by atoms with Gasteiger partial charge in [-0.3, -0.25) is 19.4 Å². The van der Waals surface area contributed by atoms with Crippen LogP contribution in [0.25, 0.3) is 11.3 Å². The highest BCUT2D eigenvalue weighted by atomic mass is 16.1. The van der Waals surface area contributed by atoms with Crippen LogP contribution in [-0.4, -0.2) is 31.7 Å². The molecule has 6 nitrogen and oxygen atoms in total. The highest BCUT2D eigenvalue weighted by Crippen LogP contribution is 2.29. The highest BCUT2D eigenvalue weighted by Gasteiger charge is 2.24. The summed E-state index contributed by atoms with van der Waals surface area (Å²) in [6.07, 6.45) is 13.4. The Morgan fingerprint density at radius 3 is 2.72 bits per heavy atom. The molecule has 1 N–H and O–H groups in total. The number of hydrogen-bond acceptors (Lipinski definition) is 4. The van der Waals surface area contributed by atoms with Crippen LogP contribution in [0, 0.1) is 13.8 Å². The van der Waals surface area contributed by atoms with Gasteiger partial charge < -0.3 is 5.32 Å². The molecule has 2 heterocycles. The number of aryl methyl sites for hydroxylation is 2. The van der Waals surface area contributed by atoms with Gasteiger partial charge in [-0.05, 0) is 50.7 Å². The topological polar surface area (TPSA) is 72.7 Å². The van der Waals surface area contributed by atoms with Gasteiger partial charge in [-0.25, -0.2) is 0 Å². The fourth-order valence-electron chi connectivity index (χ4n) is 4.05. The summed E-state index contributed by atoms with van der Waals surface area (Å²) in [6.45, 7) is 4.12. The van der Waals surface area contributed by atoms with Gasteiger partial charge in [-0.2, -0.15) is 5.10 Å². The zero-order chi connectivity index (χ0) is 20.2. The van der Waals surface area contributed by atoms with Gasteiger partial charge in [0.05, 0.1) is 30.6 Å². The standard InChI is InChI=1S/C23H27N5O/c1-16-3-4-17(2)18(11-16)12-23(29)27-20-5-7-21(8-6-20)28-15-19(13-26-28)22-14-24-9-10-25-22/h3-4,9-11,13-15,20-21H,5-8,12H2,1-2H3,(H,27,29). The van der Waals surface area contributed by atoms with Crippen LogP contribution in [0.1, 0.15) is 48.4 Å². The molecule has 6 heteroatoms. The normalized spacial score (nSPS) is 19.1. The Labute approximate surface area is 171 Å². The number of amides is 1. The summed E-state index contributed by atoms with van der Waals surface area (Å²) in [5.74, 6) is 0.117. The van der Waals surface area contributed by atoms with Gasteiger partial charge in [0.25, 0.3) is 0 Å². The predicted molar refractivity (Wildman–Crippen MR) is 112 cm³/mol. The Morgan fingerprint density at radius 2 is 1.97 bits per heavy atom. The van der Waals surface area contributed by atoms with E-state index < -0.39 is 0 Å². The maximum absolute atomic E-state index is 12.5. The number of rotatable bonds is 5. The van der Waals surface area contributed by atoms with Gasteiger partial charge >= 0.3 is 0 Å². The molecule has 0 radical (unpaired) electrons. The fraction of sp³-hybridized carbons (Fsp3) is 0.391. The van der Waals surface area contributed by atoms with Gasteiger partial charge in [-0.1, -0.05) is 23.8 Å². The molecule has 1 fully saturated rings. The molecular formula is C23H27N5O. The Morgan fingerprint density at radius 1 is 1.14 bits per heavy atom. The van der Waals surface area contributed by atoms with Crippen molar-refractivity contribution >= 4 is 5.91 Å². The smallest absolute Gasteiger partial charge is 0.224 e. The second-order valence-corrected chi connectivity index (χ2v) is 7.98. The molecule has 0 saturated heterocycles. The van der Waals surface area contributed by atoms with Crippen LogP contribution in [0.5, 0.6) is 0 Å². The molecule has 0 bridgehead atoms. The molecule has 0 aliphatic heterocycles. The molecule has 0 unspecified atom stereocenters. The van der Waals surface area contributed by atoms with Crippen molar-refractivity contribution in [2.45, 2.75) is 58.0 Å². The number of nitrogens with zero attached hydrogens (tertiary/aromatic N) is 4. The average Bonchev–Trinajstić information content (AvgIpc) is 3.22. The third kappa shape index (κ3) is 4.70. The Kier molecular flexibility index (Phi) is 5.69. The van der Waals surface area contributed by atoms with Crippen LogP contribution in [0.2, 0.25) is 0 Å². The number of nitrogens with one attached hydrogen (secondary N) is 1. The quantitative estimate of drug-likeness (QED) is 0.720. The first-order valence-corrected chi connectivity index (χ1v) is 10.2. The van der Waals surface area contributed by atoms with Crippen LogP contribution in [0.15, 0.2) is 49.2 Å². The fourth-order valence-corrected chi connectivity index (χ4v) is 4.05. The van der Waals surface area contributed by atoms with Crippen molar-refractivity contribution in [2.75, 3.05) is 0 Å². The number of hydrogen-bond donors (Lipinski definition) is 1. The summed E-state index contributed by atoms with van der Waals surface area (Å²) in [6, 6.07) is 6.90. The monoisotopic (exact) mass is 389 g/mol. The zero-order valence-corrected chi connectivity index (χ0v) is 17.0. The Bertz CT molecular complexity index is 974. The molecule has 150 valence electrons. The minimum Gasteiger partial charge on any atom is -0.353 e. The molecule has 0 atom stereocenters. The van der Waals surface area contributed by atoms with E-state index in [4.69, 9.17) is 0 Å². The first kappa shape index (κ1) is 19.3. The van der Waals surface area contributed by atoms with Crippen LogP contribution in [-0.2, 0) is 11.2 Å². The lowest BCUT2D eigenvalue weighted by Gasteiger charge is -2.29. The van der Waals surface area contributed by atoms with Crippen molar-refractivity contribution in [1.29, 1.82) is 0 Å². The number of carbonyl (C=O) groups is 1. The van der Waals surface area contributed by atoms with Crippen molar-refractivity contribution in [2.24, 2.45) is 0 Å². The molecule has 1 saturated carbocycles. The first-order valence-electron chi connectivity index (χ1n) is 10.2. The van der Waals surface area contributed by atoms with E-state index in [0.717, 1.165) is 42.5 Å². The Hall–Kier alpha value is -3.02. The van der Waals surface area contributed by atoms with Gasteiger partial charge in [0.1, 0.15) is 0 Å². The zero-order valence-electron chi connectivity index (χ0n) is 17.0. The SMILES string of the molecule is Cc1ccc(C)c(CC(=O)NC2CCC(n3cc(-c4cnccn4)cn3)CC2)c1. The summed E-state index contributed by atoms with van der Waals surface area (Å²) >= 11 is 0. The maximum Gasteiger partial charge on any atom is 0.224 e. The minimum absolute atomic E-state index is 0.117. The van der Waals surface area contributed by atoms with Crippen molar-refractivity contribution in [3.63, 3.8) is 0 Å². The molecule has 2 aromatic heterocycles. The van der Waals surface area contributed by atoms with E-state index in [1.807, 2.05) is 17.1 Å². The maximum atomic E-state index is 12.5. The second-order valence-electron chi connectivity index (χ2n) is 7.98. The van der Waals surface area contributed by atoms with E-state index in [1.165, 1.54) is 11.1 Å². The van der Waals surface area contributed by atoms with Crippen molar-refractivity contribution in [3.8, 4) is 11.3 Å². The number of benzene rings is 1. The van der Waals surface area contributed by atoms with E-state index in [2.05, 4.69) is 52.4 Å². The van der Waals surface area contributed by atoms with Crippen molar-refractivity contribution in [3.05, 3.63) is 65.9 Å². The lowest BCUT2D eigenvalue weighted by Crippen LogP contribution is -2.38. The summed E-state index contributed by atoms with van der Waals surface area (Å²) in [4.78, 5) is 21.0. The van der Waals surface area contributed by atoms with Crippen LogP contribution in [0.4, 0.5) is 0 Å². The lowest BCUT2D eigenvalue weighted by atomic mass is 9.91. The highest BCUT2D eigenvalue weighted by molar-refractivity contribution is 5.79. The first-order chi connectivity index (χ1) is 14.1. The van der Waals surface area contributed by atoms with E-state index in [9.17, 15) is 4.79 Å². The molecule has 1 amide bonds. The second kappa shape index (κ2) is 8.55. The number of carbonyl (C=O) groups excluding carboxylic acids is 1. The molecule has 1 aliphatic carbocycles. The summed E-state index contributed by atoms with van der Waals surface area (Å²) in [7, 11) is 0. The lowest BCUT2D eigenvalue weighted by molar-refractivity contribution is -0.121. The number of aromatic nitrogens is 4. The largest absolute Gasteiger partial charge is 0.353 e. The van der Waals surface area contributed by atoms with Crippen LogP contribution in [0.3, 0.4) is 0 Å². The summed E-state index contributed by atoms with van der Waals surface area (Å²) in [5, 5.41) is 7.77. The molecule has 4 rings (SSSR count). The molecule has 1 aromatic carbocycles. The van der Waals surface area contributed by atoms with E-state index in [1.54, 1.807) is 18.6 Å². The van der Waals surface area contributed by atoms with Gasteiger partial charge in [0.2, 0.25) is 5.91 Å². The third-order valence-electron chi connectivity index (χ3n) is 5.75. The van der Waals surface area contributed by atoms with Crippen LogP contribution >= 0.6 is 0 Å². The molecule has 1 aliphatic rings. The van der Waals surface area contributed by atoms with Crippen LogP contribution < -0.4 is 5.32 Å². The van der Waals surface area contributed by atoms with Gasteiger partial charge in [-0.15, -0.1) is 0 Å².